The lowest BCUT2D eigenvalue weighted by Gasteiger charge is -2.13. The Kier molecular flexibility index (Phi) is 5.65. The fourth-order valence-corrected chi connectivity index (χ4v) is 3.71. The SMILES string of the molecule is COc1ccc(C(N)CS(=O)c2cc(Cl)ccc2Cl)cc1. The van der Waals surface area contributed by atoms with E-state index < -0.39 is 10.8 Å². The minimum atomic E-state index is -1.32. The third kappa shape index (κ3) is 4.20. The zero-order chi connectivity index (χ0) is 15.4. The molecule has 0 radical (unpaired) electrons. The second-order valence-corrected chi connectivity index (χ2v) is 6.77. The van der Waals surface area contributed by atoms with Crippen molar-refractivity contribution in [1.82, 2.24) is 0 Å². The van der Waals surface area contributed by atoms with Crippen LogP contribution in [0.15, 0.2) is 47.4 Å². The van der Waals surface area contributed by atoms with Crippen molar-refractivity contribution in [2.75, 3.05) is 12.9 Å². The van der Waals surface area contributed by atoms with Gasteiger partial charge < -0.3 is 10.5 Å². The van der Waals surface area contributed by atoms with Crippen molar-refractivity contribution < 1.29 is 8.95 Å². The van der Waals surface area contributed by atoms with E-state index in [0.29, 0.717) is 14.9 Å². The van der Waals surface area contributed by atoms with Crippen molar-refractivity contribution >= 4 is 34.0 Å². The minimum absolute atomic E-state index is 0.270. The van der Waals surface area contributed by atoms with E-state index in [1.54, 1.807) is 25.3 Å². The maximum atomic E-state index is 12.4. The van der Waals surface area contributed by atoms with Gasteiger partial charge in [0.05, 0.1) is 27.8 Å². The molecule has 0 saturated heterocycles. The number of benzene rings is 2. The second-order valence-electron chi connectivity index (χ2n) is 4.47. The van der Waals surface area contributed by atoms with Crippen LogP contribution >= 0.6 is 23.2 Å². The highest BCUT2D eigenvalue weighted by Crippen LogP contribution is 2.26. The minimum Gasteiger partial charge on any atom is -0.497 e. The van der Waals surface area contributed by atoms with Crippen molar-refractivity contribution in [3.63, 3.8) is 0 Å². The van der Waals surface area contributed by atoms with E-state index in [4.69, 9.17) is 33.7 Å². The molecule has 2 unspecified atom stereocenters. The molecule has 0 fully saturated rings. The number of nitrogens with two attached hydrogens (primary N) is 1. The molecule has 2 aromatic carbocycles. The molecule has 0 spiro atoms. The molecule has 0 aliphatic rings. The van der Waals surface area contributed by atoms with Crippen molar-refractivity contribution in [1.29, 1.82) is 0 Å². The normalized spacial score (nSPS) is 13.7. The summed E-state index contributed by atoms with van der Waals surface area (Å²) in [6.07, 6.45) is 0. The van der Waals surface area contributed by atoms with Crippen LogP contribution in [-0.4, -0.2) is 17.1 Å². The molecule has 0 heterocycles. The third-order valence-electron chi connectivity index (χ3n) is 3.01. The van der Waals surface area contributed by atoms with Crippen LogP contribution in [0.25, 0.3) is 0 Å². The number of methoxy groups -OCH3 is 1. The van der Waals surface area contributed by atoms with Gasteiger partial charge in [0, 0.05) is 16.8 Å². The van der Waals surface area contributed by atoms with Gasteiger partial charge in [-0.3, -0.25) is 4.21 Å². The lowest BCUT2D eigenvalue weighted by Crippen LogP contribution is -2.18. The number of rotatable bonds is 5. The first kappa shape index (κ1) is 16.3. The Morgan fingerprint density at radius 1 is 1.19 bits per heavy atom. The molecule has 112 valence electrons. The van der Waals surface area contributed by atoms with Gasteiger partial charge in [0.2, 0.25) is 0 Å². The highest BCUT2D eigenvalue weighted by atomic mass is 35.5. The zero-order valence-electron chi connectivity index (χ0n) is 11.4. The van der Waals surface area contributed by atoms with E-state index in [1.165, 1.54) is 0 Å². The lowest BCUT2D eigenvalue weighted by molar-refractivity contribution is 0.414. The summed E-state index contributed by atoms with van der Waals surface area (Å²) in [5.74, 6) is 1.02. The molecule has 21 heavy (non-hydrogen) atoms. The van der Waals surface area contributed by atoms with E-state index in [0.717, 1.165) is 11.3 Å². The molecule has 0 aromatic heterocycles. The molecule has 0 aliphatic carbocycles. The summed E-state index contributed by atoms with van der Waals surface area (Å²) in [6, 6.07) is 11.9. The largest absolute Gasteiger partial charge is 0.497 e. The van der Waals surface area contributed by atoms with Crippen LogP contribution in [0.5, 0.6) is 5.75 Å². The summed E-state index contributed by atoms with van der Waals surface area (Å²) in [5.41, 5.74) is 6.99. The van der Waals surface area contributed by atoms with Crippen LogP contribution in [0.2, 0.25) is 10.0 Å². The van der Waals surface area contributed by atoms with Gasteiger partial charge in [-0.25, -0.2) is 0 Å². The zero-order valence-corrected chi connectivity index (χ0v) is 13.7. The number of hydrogen-bond acceptors (Lipinski definition) is 3. The first-order chi connectivity index (χ1) is 10.0. The van der Waals surface area contributed by atoms with E-state index in [-0.39, 0.29) is 11.8 Å². The van der Waals surface area contributed by atoms with Crippen molar-refractivity contribution in [2.24, 2.45) is 5.73 Å². The lowest BCUT2D eigenvalue weighted by atomic mass is 10.1. The first-order valence-corrected chi connectivity index (χ1v) is 8.31. The van der Waals surface area contributed by atoms with Gasteiger partial charge in [-0.05, 0) is 35.9 Å². The number of ether oxygens (including phenoxy) is 1. The molecule has 2 atom stereocenters. The molecule has 0 aliphatic heterocycles. The molecule has 6 heteroatoms. The van der Waals surface area contributed by atoms with E-state index >= 15 is 0 Å². The maximum absolute atomic E-state index is 12.4. The summed E-state index contributed by atoms with van der Waals surface area (Å²) in [4.78, 5) is 0.508. The van der Waals surface area contributed by atoms with Crippen LogP contribution in [0.1, 0.15) is 11.6 Å². The van der Waals surface area contributed by atoms with Gasteiger partial charge in [-0.1, -0.05) is 35.3 Å². The molecule has 0 bridgehead atoms. The summed E-state index contributed by atoms with van der Waals surface area (Å²) in [5, 5.41) is 0.931. The molecular weight excluding hydrogens is 329 g/mol. The van der Waals surface area contributed by atoms with Crippen LogP contribution < -0.4 is 10.5 Å². The van der Waals surface area contributed by atoms with Gasteiger partial charge in [0.25, 0.3) is 0 Å². The van der Waals surface area contributed by atoms with E-state index in [1.807, 2.05) is 24.3 Å². The standard InChI is InChI=1S/C15H15Cl2NO2S/c1-20-12-5-2-10(3-6-12)14(18)9-21(19)15-8-11(16)4-7-13(15)17/h2-8,14H,9,18H2,1H3. The Hall–Kier alpha value is -1.07. The molecule has 2 N–H and O–H groups in total. The van der Waals surface area contributed by atoms with Crippen molar-refractivity contribution in [3.8, 4) is 5.75 Å². The molecule has 0 saturated carbocycles. The van der Waals surface area contributed by atoms with Crippen molar-refractivity contribution in [3.05, 3.63) is 58.1 Å². The third-order valence-corrected chi connectivity index (χ3v) is 5.18. The highest BCUT2D eigenvalue weighted by Gasteiger charge is 2.15. The van der Waals surface area contributed by atoms with Gasteiger partial charge in [-0.15, -0.1) is 0 Å². The maximum Gasteiger partial charge on any atom is 0.118 e. The Balaban J connectivity index is 2.12. The van der Waals surface area contributed by atoms with Crippen molar-refractivity contribution in [2.45, 2.75) is 10.9 Å². The quantitative estimate of drug-likeness (QED) is 0.897. The van der Waals surface area contributed by atoms with Gasteiger partial charge >= 0.3 is 0 Å². The van der Waals surface area contributed by atoms with Crippen LogP contribution in [0.3, 0.4) is 0 Å². The average molecular weight is 344 g/mol. The Morgan fingerprint density at radius 2 is 1.86 bits per heavy atom. The highest BCUT2D eigenvalue weighted by molar-refractivity contribution is 7.85. The van der Waals surface area contributed by atoms with Gasteiger partial charge in [0.15, 0.2) is 0 Å². The number of halogens is 2. The first-order valence-electron chi connectivity index (χ1n) is 6.24. The van der Waals surface area contributed by atoms with Gasteiger partial charge in [-0.2, -0.15) is 0 Å². The fourth-order valence-electron chi connectivity index (χ4n) is 1.85. The smallest absolute Gasteiger partial charge is 0.118 e. The van der Waals surface area contributed by atoms with E-state index in [9.17, 15) is 4.21 Å². The summed E-state index contributed by atoms with van der Waals surface area (Å²) >= 11 is 12.0. The van der Waals surface area contributed by atoms with Gasteiger partial charge in [0.1, 0.15) is 5.75 Å². The number of hydrogen-bond donors (Lipinski definition) is 1. The second kappa shape index (κ2) is 7.27. The Labute approximate surface area is 136 Å². The Bertz CT molecular complexity index is 647. The molecular formula is C15H15Cl2NO2S. The Morgan fingerprint density at radius 3 is 2.48 bits per heavy atom. The summed E-state index contributed by atoms with van der Waals surface area (Å²) in [7, 11) is 0.287. The predicted molar refractivity (Wildman–Crippen MR) is 87.7 cm³/mol. The van der Waals surface area contributed by atoms with Crippen LogP contribution in [0, 0.1) is 0 Å². The average Bonchev–Trinajstić information content (AvgIpc) is 2.49. The molecule has 0 amide bonds. The monoisotopic (exact) mass is 343 g/mol. The molecule has 3 nitrogen and oxygen atoms in total. The predicted octanol–water partition coefficient (Wildman–Crippen LogP) is 3.81. The summed E-state index contributed by atoms with van der Waals surface area (Å²) < 4.78 is 17.5. The molecule has 2 aromatic rings. The van der Waals surface area contributed by atoms with E-state index in [2.05, 4.69) is 0 Å². The van der Waals surface area contributed by atoms with Crippen LogP contribution in [-0.2, 0) is 10.8 Å². The van der Waals surface area contributed by atoms with Crippen LogP contribution in [0.4, 0.5) is 0 Å². The topological polar surface area (TPSA) is 52.3 Å². The molecule has 2 rings (SSSR count). The fraction of sp³-hybridized carbons (Fsp3) is 0.200. The summed E-state index contributed by atoms with van der Waals surface area (Å²) in [6.45, 7) is 0.